The number of nitrogens with one attached hydrogen (secondary N) is 1. The predicted molar refractivity (Wildman–Crippen MR) is 44.7 cm³/mol. The molecule has 1 aliphatic rings. The zero-order valence-corrected chi connectivity index (χ0v) is 7.11. The van der Waals surface area contributed by atoms with Crippen LogP contribution in [0.3, 0.4) is 0 Å². The molecule has 12 heavy (non-hydrogen) atoms. The average molecular weight is 175 g/mol. The Hall–Kier alpha value is -0.160. The van der Waals surface area contributed by atoms with Crippen LogP contribution in [0.5, 0.6) is 0 Å². The number of hydrogen-bond donors (Lipinski definition) is 4. The van der Waals surface area contributed by atoms with E-state index < -0.39 is 12.2 Å². The lowest BCUT2D eigenvalue weighted by Crippen LogP contribution is -2.50. The molecule has 4 heteroatoms. The molecule has 0 radical (unpaired) electrons. The molecule has 0 amide bonds. The summed E-state index contributed by atoms with van der Waals surface area (Å²) < 4.78 is 0. The quantitative estimate of drug-likeness (QED) is 0.406. The van der Waals surface area contributed by atoms with Crippen LogP contribution in [0.15, 0.2) is 0 Å². The van der Waals surface area contributed by atoms with Crippen LogP contribution in [0.25, 0.3) is 0 Å². The van der Waals surface area contributed by atoms with Crippen molar-refractivity contribution in [2.24, 2.45) is 0 Å². The zero-order chi connectivity index (χ0) is 8.97. The van der Waals surface area contributed by atoms with Crippen LogP contribution in [0.2, 0.25) is 0 Å². The molecule has 0 aromatic heterocycles. The highest BCUT2D eigenvalue weighted by Gasteiger charge is 2.26. The zero-order valence-electron chi connectivity index (χ0n) is 7.11. The van der Waals surface area contributed by atoms with Crippen LogP contribution >= 0.6 is 0 Å². The molecule has 0 spiro atoms. The van der Waals surface area contributed by atoms with E-state index in [-0.39, 0.29) is 12.6 Å². The summed E-state index contributed by atoms with van der Waals surface area (Å²) in [7, 11) is 0. The summed E-state index contributed by atoms with van der Waals surface area (Å²) in [5.74, 6) is 0. The van der Waals surface area contributed by atoms with E-state index in [2.05, 4.69) is 5.32 Å². The molecule has 0 saturated carbocycles. The highest BCUT2D eigenvalue weighted by atomic mass is 16.3. The van der Waals surface area contributed by atoms with Gasteiger partial charge in [0, 0.05) is 0 Å². The number of hydrogen-bond acceptors (Lipinski definition) is 4. The normalized spacial score (nSPS) is 38.8. The number of aliphatic hydroxyl groups is 3. The van der Waals surface area contributed by atoms with Crippen LogP contribution in [0.1, 0.15) is 19.3 Å². The predicted octanol–water partition coefficient (Wildman–Crippen LogP) is -1.16. The first kappa shape index (κ1) is 9.92. The Morgan fingerprint density at radius 3 is 2.67 bits per heavy atom. The van der Waals surface area contributed by atoms with Gasteiger partial charge in [-0.05, 0) is 25.8 Å². The highest BCUT2D eigenvalue weighted by Crippen LogP contribution is 2.11. The summed E-state index contributed by atoms with van der Waals surface area (Å²) in [6.07, 6.45) is 0.994. The Morgan fingerprint density at radius 1 is 1.25 bits per heavy atom. The molecule has 3 atom stereocenters. The fourth-order valence-corrected chi connectivity index (χ4v) is 1.50. The van der Waals surface area contributed by atoms with Gasteiger partial charge in [0.2, 0.25) is 0 Å². The van der Waals surface area contributed by atoms with Gasteiger partial charge in [0.25, 0.3) is 0 Å². The van der Waals surface area contributed by atoms with Crippen LogP contribution in [-0.4, -0.2) is 46.7 Å². The molecule has 4 N–H and O–H groups in total. The van der Waals surface area contributed by atoms with Crippen LogP contribution < -0.4 is 5.32 Å². The van der Waals surface area contributed by atoms with Crippen LogP contribution in [0.4, 0.5) is 0 Å². The lowest BCUT2D eigenvalue weighted by Gasteiger charge is -2.28. The van der Waals surface area contributed by atoms with Crippen molar-refractivity contribution in [3.8, 4) is 0 Å². The molecular weight excluding hydrogens is 158 g/mol. The Morgan fingerprint density at radius 2 is 2.00 bits per heavy atom. The minimum atomic E-state index is -0.838. The van der Waals surface area contributed by atoms with Crippen molar-refractivity contribution in [1.82, 2.24) is 5.32 Å². The third-order valence-electron chi connectivity index (χ3n) is 2.34. The molecule has 1 heterocycles. The van der Waals surface area contributed by atoms with E-state index in [0.29, 0.717) is 6.42 Å². The van der Waals surface area contributed by atoms with E-state index in [9.17, 15) is 10.2 Å². The molecule has 1 aliphatic heterocycles. The maximum Gasteiger partial charge on any atom is 0.0973 e. The molecule has 4 nitrogen and oxygen atoms in total. The lowest BCUT2D eigenvalue weighted by atomic mass is 9.98. The largest absolute Gasteiger partial charge is 0.395 e. The summed E-state index contributed by atoms with van der Waals surface area (Å²) in [5.41, 5.74) is 0. The monoisotopic (exact) mass is 175 g/mol. The molecule has 0 aromatic rings. The highest BCUT2D eigenvalue weighted by molar-refractivity contribution is 4.82. The Labute approximate surface area is 72.2 Å². The fourth-order valence-electron chi connectivity index (χ4n) is 1.50. The van der Waals surface area contributed by atoms with E-state index in [0.717, 1.165) is 19.4 Å². The van der Waals surface area contributed by atoms with Crippen molar-refractivity contribution in [3.05, 3.63) is 0 Å². The molecule has 72 valence electrons. The van der Waals surface area contributed by atoms with Gasteiger partial charge in [-0.3, -0.25) is 0 Å². The first-order valence-corrected chi connectivity index (χ1v) is 4.46. The molecule has 0 aromatic carbocycles. The van der Waals surface area contributed by atoms with Gasteiger partial charge in [-0.15, -0.1) is 0 Å². The third kappa shape index (κ3) is 2.42. The van der Waals surface area contributed by atoms with Gasteiger partial charge in [0.05, 0.1) is 24.9 Å². The summed E-state index contributed by atoms with van der Waals surface area (Å²) in [5, 5.41) is 30.7. The SMILES string of the molecule is OC[C@H]1NCCCC[C@@H](O)[C@@H]1O. The molecular formula is C8H17NO3. The summed E-state index contributed by atoms with van der Waals surface area (Å²) in [6.45, 7) is 0.674. The van der Waals surface area contributed by atoms with Gasteiger partial charge in [-0.25, -0.2) is 0 Å². The van der Waals surface area contributed by atoms with Crippen LogP contribution in [-0.2, 0) is 0 Å². The van der Waals surface area contributed by atoms with Gasteiger partial charge < -0.3 is 20.6 Å². The smallest absolute Gasteiger partial charge is 0.0973 e. The second-order valence-electron chi connectivity index (χ2n) is 3.30. The van der Waals surface area contributed by atoms with Crippen molar-refractivity contribution >= 4 is 0 Å². The maximum atomic E-state index is 9.47. The van der Waals surface area contributed by atoms with Gasteiger partial charge >= 0.3 is 0 Å². The second kappa shape index (κ2) is 4.77. The third-order valence-corrected chi connectivity index (χ3v) is 2.34. The van der Waals surface area contributed by atoms with Crippen molar-refractivity contribution in [3.63, 3.8) is 0 Å². The summed E-state index contributed by atoms with van der Waals surface area (Å²) in [6, 6.07) is -0.375. The fraction of sp³-hybridized carbons (Fsp3) is 1.00. The van der Waals surface area contributed by atoms with E-state index >= 15 is 0 Å². The first-order valence-electron chi connectivity index (χ1n) is 4.46. The van der Waals surface area contributed by atoms with E-state index in [1.807, 2.05) is 0 Å². The van der Waals surface area contributed by atoms with E-state index in [1.165, 1.54) is 0 Å². The van der Waals surface area contributed by atoms with Gasteiger partial charge in [0.1, 0.15) is 0 Å². The molecule has 0 bridgehead atoms. The minimum Gasteiger partial charge on any atom is -0.395 e. The number of aliphatic hydroxyl groups excluding tert-OH is 3. The van der Waals surface area contributed by atoms with Gasteiger partial charge in [0.15, 0.2) is 0 Å². The topological polar surface area (TPSA) is 72.7 Å². The van der Waals surface area contributed by atoms with E-state index in [4.69, 9.17) is 5.11 Å². The second-order valence-corrected chi connectivity index (χ2v) is 3.30. The molecule has 0 unspecified atom stereocenters. The molecule has 0 aliphatic carbocycles. The Kier molecular flexibility index (Phi) is 3.94. The lowest BCUT2D eigenvalue weighted by molar-refractivity contribution is -0.0255. The Bertz CT molecular complexity index is 131. The minimum absolute atomic E-state index is 0.127. The summed E-state index contributed by atoms with van der Waals surface area (Å²) >= 11 is 0. The van der Waals surface area contributed by atoms with Gasteiger partial charge in [-0.2, -0.15) is 0 Å². The molecule has 1 saturated heterocycles. The maximum absolute atomic E-state index is 9.47. The average Bonchev–Trinajstić information content (AvgIpc) is 2.07. The van der Waals surface area contributed by atoms with Gasteiger partial charge in [-0.1, -0.05) is 0 Å². The van der Waals surface area contributed by atoms with Crippen LogP contribution in [0, 0.1) is 0 Å². The van der Waals surface area contributed by atoms with Crippen molar-refractivity contribution < 1.29 is 15.3 Å². The Balaban J connectivity index is 2.47. The summed E-state index contributed by atoms with van der Waals surface area (Å²) in [4.78, 5) is 0. The van der Waals surface area contributed by atoms with Crippen molar-refractivity contribution in [2.75, 3.05) is 13.2 Å². The van der Waals surface area contributed by atoms with E-state index in [1.54, 1.807) is 0 Å². The first-order chi connectivity index (χ1) is 5.75. The van der Waals surface area contributed by atoms with Crippen molar-refractivity contribution in [2.45, 2.75) is 37.5 Å². The molecule has 1 rings (SSSR count). The number of rotatable bonds is 1. The van der Waals surface area contributed by atoms with Crippen molar-refractivity contribution in [1.29, 1.82) is 0 Å². The standard InChI is InChI=1S/C8H17NO3/c10-5-6-8(12)7(11)3-1-2-4-9-6/h6-12H,1-5H2/t6-,7-,8-/m1/s1. The molecule has 1 fully saturated rings.